The van der Waals surface area contributed by atoms with Gasteiger partial charge in [0.25, 0.3) is 11.8 Å². The minimum Gasteiger partial charge on any atom is -0.442 e. The highest BCUT2D eigenvalue weighted by Gasteiger charge is 2.36. The molecule has 1 N–H and O–H groups in total. The Morgan fingerprint density at radius 2 is 1.54 bits per heavy atom. The minimum atomic E-state index is -0.609. The molecule has 2 aromatic carbocycles. The summed E-state index contributed by atoms with van der Waals surface area (Å²) in [6.07, 6.45) is 0. The molecule has 0 aromatic heterocycles. The average Bonchev–Trinajstić information content (AvgIpc) is 2.85. The van der Waals surface area contributed by atoms with E-state index in [1.807, 2.05) is 30.3 Å². The van der Waals surface area contributed by atoms with Crippen molar-refractivity contribution in [1.29, 1.82) is 0 Å². The van der Waals surface area contributed by atoms with Gasteiger partial charge in [-0.15, -0.1) is 0 Å². The van der Waals surface area contributed by atoms with Gasteiger partial charge < -0.3 is 10.1 Å². The molecular weight excluding hydrogens is 308 g/mol. The molecule has 2 amide bonds. The number of rotatable bonds is 5. The fourth-order valence-electron chi connectivity index (χ4n) is 2.45. The van der Waals surface area contributed by atoms with Crippen LogP contribution in [0.2, 0.25) is 0 Å². The highest BCUT2D eigenvalue weighted by Crippen LogP contribution is 2.22. The quantitative estimate of drug-likeness (QED) is 0.674. The number of carbonyl (C=O) groups excluding carboxylic acids is 3. The lowest BCUT2D eigenvalue weighted by Gasteiger charge is -2.17. The molecule has 6 nitrogen and oxygen atoms in total. The van der Waals surface area contributed by atoms with Crippen LogP contribution in [0.3, 0.4) is 0 Å². The predicted octanol–water partition coefficient (Wildman–Crippen LogP) is 2.28. The number of hydrogen-bond acceptors (Lipinski definition) is 5. The second kappa shape index (κ2) is 6.54. The maximum Gasteiger partial charge on any atom is 0.329 e. The van der Waals surface area contributed by atoms with Crippen molar-refractivity contribution in [3.8, 4) is 0 Å². The first-order valence-electron chi connectivity index (χ1n) is 7.51. The van der Waals surface area contributed by atoms with E-state index in [9.17, 15) is 14.4 Å². The van der Waals surface area contributed by atoms with Crippen molar-refractivity contribution in [2.24, 2.45) is 0 Å². The van der Waals surface area contributed by atoms with Gasteiger partial charge in [-0.2, -0.15) is 0 Å². The van der Waals surface area contributed by atoms with Gasteiger partial charge in [0.15, 0.2) is 6.73 Å². The SMILES string of the molecule is CC(Nc1ccccc1)C(=O)OCN1C(=O)c2ccccc2C1=O. The molecule has 0 fully saturated rings. The monoisotopic (exact) mass is 324 g/mol. The summed E-state index contributed by atoms with van der Waals surface area (Å²) in [6.45, 7) is 1.25. The maximum absolute atomic E-state index is 12.2. The summed E-state index contributed by atoms with van der Waals surface area (Å²) in [7, 11) is 0. The van der Waals surface area contributed by atoms with Crippen LogP contribution in [0.25, 0.3) is 0 Å². The topological polar surface area (TPSA) is 75.7 Å². The molecule has 0 radical (unpaired) electrons. The number of anilines is 1. The number of fused-ring (bicyclic) bond motifs is 1. The van der Waals surface area contributed by atoms with E-state index in [1.165, 1.54) is 0 Å². The summed E-state index contributed by atoms with van der Waals surface area (Å²) < 4.78 is 5.11. The van der Waals surface area contributed by atoms with Gasteiger partial charge in [-0.05, 0) is 31.2 Å². The number of para-hydroxylation sites is 1. The van der Waals surface area contributed by atoms with E-state index in [0.717, 1.165) is 10.6 Å². The zero-order valence-corrected chi connectivity index (χ0v) is 13.1. The van der Waals surface area contributed by atoms with E-state index < -0.39 is 30.6 Å². The van der Waals surface area contributed by atoms with Crippen LogP contribution in [-0.2, 0) is 9.53 Å². The Bertz CT molecular complexity index is 754. The van der Waals surface area contributed by atoms with E-state index in [-0.39, 0.29) is 0 Å². The first kappa shape index (κ1) is 15.7. The predicted molar refractivity (Wildman–Crippen MR) is 87.4 cm³/mol. The molecule has 6 heteroatoms. The summed E-state index contributed by atoms with van der Waals surface area (Å²) in [6, 6.07) is 15.1. The zero-order valence-electron chi connectivity index (χ0n) is 13.1. The van der Waals surface area contributed by atoms with Crippen molar-refractivity contribution in [3.63, 3.8) is 0 Å². The normalized spacial score (nSPS) is 14.3. The van der Waals surface area contributed by atoms with Crippen LogP contribution in [0.1, 0.15) is 27.6 Å². The molecule has 1 aliphatic heterocycles. The lowest BCUT2D eigenvalue weighted by Crippen LogP contribution is -2.36. The van der Waals surface area contributed by atoms with E-state index >= 15 is 0 Å². The molecule has 0 aliphatic carbocycles. The number of ether oxygens (including phenoxy) is 1. The van der Waals surface area contributed by atoms with Crippen LogP contribution in [0, 0.1) is 0 Å². The highest BCUT2D eigenvalue weighted by molar-refractivity contribution is 6.21. The van der Waals surface area contributed by atoms with E-state index in [1.54, 1.807) is 31.2 Å². The molecule has 24 heavy (non-hydrogen) atoms. The Kier molecular flexibility index (Phi) is 4.29. The summed E-state index contributed by atoms with van der Waals surface area (Å²) >= 11 is 0. The molecule has 1 heterocycles. The third-order valence-corrected chi connectivity index (χ3v) is 3.72. The van der Waals surface area contributed by atoms with Crippen molar-refractivity contribution in [1.82, 2.24) is 4.90 Å². The van der Waals surface area contributed by atoms with Crippen molar-refractivity contribution >= 4 is 23.5 Å². The zero-order chi connectivity index (χ0) is 17.1. The van der Waals surface area contributed by atoms with Crippen LogP contribution in [-0.4, -0.2) is 35.5 Å². The Balaban J connectivity index is 1.59. The second-order valence-electron chi connectivity index (χ2n) is 5.41. The lowest BCUT2D eigenvalue weighted by atomic mass is 10.1. The second-order valence-corrected chi connectivity index (χ2v) is 5.41. The van der Waals surface area contributed by atoms with Gasteiger partial charge in [-0.3, -0.25) is 9.59 Å². The third-order valence-electron chi connectivity index (χ3n) is 3.72. The number of hydrogen-bond donors (Lipinski definition) is 1. The van der Waals surface area contributed by atoms with Crippen molar-refractivity contribution in [2.75, 3.05) is 12.0 Å². The van der Waals surface area contributed by atoms with Gasteiger partial charge in [0.2, 0.25) is 0 Å². The van der Waals surface area contributed by atoms with Gasteiger partial charge in [0, 0.05) is 5.69 Å². The number of carbonyl (C=O) groups is 3. The first-order valence-corrected chi connectivity index (χ1v) is 7.51. The molecule has 2 aromatic rings. The van der Waals surface area contributed by atoms with E-state index in [4.69, 9.17) is 4.74 Å². The smallest absolute Gasteiger partial charge is 0.329 e. The molecule has 1 unspecified atom stereocenters. The number of benzene rings is 2. The maximum atomic E-state index is 12.2. The summed E-state index contributed by atoms with van der Waals surface area (Å²) in [5.74, 6) is -1.45. The Labute approximate surface area is 139 Å². The minimum absolute atomic E-state index is 0.328. The Morgan fingerprint density at radius 3 is 2.12 bits per heavy atom. The molecule has 1 atom stereocenters. The molecule has 0 spiro atoms. The van der Waals surface area contributed by atoms with Gasteiger partial charge in [0.05, 0.1) is 11.1 Å². The largest absolute Gasteiger partial charge is 0.442 e. The Morgan fingerprint density at radius 1 is 1.00 bits per heavy atom. The number of amides is 2. The van der Waals surface area contributed by atoms with E-state index in [0.29, 0.717) is 11.1 Å². The molecular formula is C18H16N2O4. The number of nitrogens with zero attached hydrogens (tertiary/aromatic N) is 1. The lowest BCUT2D eigenvalue weighted by molar-refractivity contribution is -0.146. The molecule has 0 saturated heterocycles. The summed E-state index contributed by atoms with van der Waals surface area (Å²) in [5, 5.41) is 2.99. The number of nitrogens with one attached hydrogen (secondary N) is 1. The van der Waals surface area contributed by atoms with Crippen molar-refractivity contribution < 1.29 is 19.1 Å². The van der Waals surface area contributed by atoms with Crippen molar-refractivity contribution in [3.05, 3.63) is 65.7 Å². The molecule has 3 rings (SSSR count). The van der Waals surface area contributed by atoms with Gasteiger partial charge in [-0.25, -0.2) is 9.69 Å². The third kappa shape index (κ3) is 2.99. The average molecular weight is 324 g/mol. The van der Waals surface area contributed by atoms with Gasteiger partial charge in [0.1, 0.15) is 6.04 Å². The highest BCUT2D eigenvalue weighted by atomic mass is 16.5. The van der Waals surface area contributed by atoms with Gasteiger partial charge in [-0.1, -0.05) is 30.3 Å². The first-order chi connectivity index (χ1) is 11.6. The molecule has 0 bridgehead atoms. The van der Waals surface area contributed by atoms with E-state index in [2.05, 4.69) is 5.32 Å². The van der Waals surface area contributed by atoms with Gasteiger partial charge >= 0.3 is 5.97 Å². The Hall–Kier alpha value is -3.15. The van der Waals surface area contributed by atoms with Crippen LogP contribution in [0.15, 0.2) is 54.6 Å². The summed E-state index contributed by atoms with van der Waals surface area (Å²) in [4.78, 5) is 37.3. The molecule has 0 saturated carbocycles. The van der Waals surface area contributed by atoms with Crippen LogP contribution >= 0.6 is 0 Å². The van der Waals surface area contributed by atoms with Crippen molar-refractivity contribution in [2.45, 2.75) is 13.0 Å². The van der Waals surface area contributed by atoms with Crippen LogP contribution in [0.5, 0.6) is 0 Å². The molecule has 1 aliphatic rings. The summed E-state index contributed by atoms with van der Waals surface area (Å²) in [5.41, 5.74) is 1.44. The molecule has 122 valence electrons. The fourth-order valence-corrected chi connectivity index (χ4v) is 2.45. The fraction of sp³-hybridized carbons (Fsp3) is 0.167. The van der Waals surface area contributed by atoms with Crippen LogP contribution < -0.4 is 5.32 Å². The number of imide groups is 1. The van der Waals surface area contributed by atoms with Crippen LogP contribution in [0.4, 0.5) is 5.69 Å². The number of esters is 1. The standard InChI is InChI=1S/C18H16N2O4/c1-12(19-13-7-3-2-4-8-13)18(23)24-11-20-16(21)14-9-5-6-10-15(14)17(20)22/h2-10,12,19H,11H2,1H3.